The predicted octanol–water partition coefficient (Wildman–Crippen LogP) is 1.52. The summed E-state index contributed by atoms with van der Waals surface area (Å²) < 4.78 is 0. The fraction of sp³-hybridized carbons (Fsp3) is 0.600. The lowest BCUT2D eigenvalue weighted by atomic mass is 10.5. The number of nitrogens with one attached hydrogen (secondary N) is 1. The maximum Gasteiger partial charge on any atom is 0.220 e. The smallest absolute Gasteiger partial charge is 0.220 e. The van der Waals surface area contributed by atoms with Crippen LogP contribution in [0, 0.1) is 0 Å². The van der Waals surface area contributed by atoms with E-state index in [-0.39, 0.29) is 12.4 Å². The minimum Gasteiger partial charge on any atom is -0.304 e. The number of nitrogens with zero attached hydrogens (tertiary/aromatic N) is 5. The third-order valence-electron chi connectivity index (χ3n) is 2.31. The summed E-state index contributed by atoms with van der Waals surface area (Å²) in [4.78, 5) is 10.1. The third-order valence-corrected chi connectivity index (χ3v) is 2.31. The van der Waals surface area contributed by atoms with Gasteiger partial charge in [-0.2, -0.15) is 5.21 Å². The Kier molecular flexibility index (Phi) is 8.17. The summed E-state index contributed by atoms with van der Waals surface area (Å²) in [5, 5.41) is 9.83. The van der Waals surface area contributed by atoms with Crippen LogP contribution in [0.4, 0.5) is 0 Å². The Morgan fingerprint density at radius 2 is 1.35 bits per heavy atom. The van der Waals surface area contributed by atoms with Crippen LogP contribution in [0.15, 0.2) is 12.4 Å². The van der Waals surface area contributed by atoms with Crippen LogP contribution < -0.4 is 0 Å². The topological polar surface area (TPSA) is 70.6 Å². The lowest BCUT2D eigenvalue weighted by molar-refractivity contribution is 0.321. The number of fused-ring (bicyclic) bond motifs is 1. The van der Waals surface area contributed by atoms with Crippen LogP contribution in [0.2, 0.25) is 0 Å². The monoisotopic (exact) mass is 258 g/mol. The van der Waals surface area contributed by atoms with Crippen molar-refractivity contribution in [1.82, 2.24) is 30.3 Å². The second kappa shape index (κ2) is 8.83. The van der Waals surface area contributed by atoms with Crippen LogP contribution in [0.25, 0.3) is 11.3 Å². The Balaban J connectivity index is 0.000000296. The highest BCUT2D eigenvalue weighted by Crippen LogP contribution is 1.94. The van der Waals surface area contributed by atoms with Gasteiger partial charge in [0.05, 0.1) is 0 Å². The van der Waals surface area contributed by atoms with Crippen molar-refractivity contribution in [2.24, 2.45) is 0 Å². The van der Waals surface area contributed by atoms with Gasteiger partial charge in [-0.15, -0.1) is 22.6 Å². The maximum atomic E-state index is 3.87. The SMILES string of the molecule is CCN(CC)CC.Cl.c1cnc2n[nH]nc2n1. The second-order valence-electron chi connectivity index (χ2n) is 3.15. The number of hydrogen-bond donors (Lipinski definition) is 1. The summed E-state index contributed by atoms with van der Waals surface area (Å²) in [7, 11) is 0. The van der Waals surface area contributed by atoms with Gasteiger partial charge in [0.2, 0.25) is 11.3 Å². The van der Waals surface area contributed by atoms with Gasteiger partial charge in [-0.1, -0.05) is 20.8 Å². The molecule has 2 rings (SSSR count). The molecule has 0 bridgehead atoms. The molecule has 6 nitrogen and oxygen atoms in total. The average Bonchev–Trinajstić information content (AvgIpc) is 2.80. The van der Waals surface area contributed by atoms with Crippen LogP contribution in [0.1, 0.15) is 20.8 Å². The molecule has 96 valence electrons. The number of rotatable bonds is 3. The van der Waals surface area contributed by atoms with E-state index >= 15 is 0 Å². The molecule has 1 N–H and O–H groups in total. The molecule has 0 unspecified atom stereocenters. The van der Waals surface area contributed by atoms with Gasteiger partial charge in [0.1, 0.15) is 0 Å². The summed E-state index contributed by atoms with van der Waals surface area (Å²) in [5.41, 5.74) is 1.11. The molecule has 2 heterocycles. The fourth-order valence-corrected chi connectivity index (χ4v) is 1.27. The maximum absolute atomic E-state index is 3.87. The molecule has 0 saturated heterocycles. The minimum atomic E-state index is 0. The van der Waals surface area contributed by atoms with Gasteiger partial charge >= 0.3 is 0 Å². The van der Waals surface area contributed by atoms with Crippen molar-refractivity contribution in [1.29, 1.82) is 0 Å². The minimum absolute atomic E-state index is 0. The molecule has 0 amide bonds. The van der Waals surface area contributed by atoms with Gasteiger partial charge in [-0.25, -0.2) is 9.97 Å². The van der Waals surface area contributed by atoms with Crippen molar-refractivity contribution in [3.05, 3.63) is 12.4 Å². The first-order chi connectivity index (χ1) is 7.81. The van der Waals surface area contributed by atoms with E-state index in [1.165, 1.54) is 19.6 Å². The summed E-state index contributed by atoms with van der Waals surface area (Å²) in [6, 6.07) is 0. The first-order valence-electron chi connectivity index (χ1n) is 5.51. The molecule has 2 aromatic rings. The Labute approximate surface area is 107 Å². The number of hydrogen-bond acceptors (Lipinski definition) is 5. The molecular weight excluding hydrogens is 240 g/mol. The van der Waals surface area contributed by atoms with Crippen molar-refractivity contribution in [2.75, 3.05) is 19.6 Å². The summed E-state index contributed by atoms with van der Waals surface area (Å²) >= 11 is 0. The quantitative estimate of drug-likeness (QED) is 0.904. The van der Waals surface area contributed by atoms with Crippen molar-refractivity contribution in [3.8, 4) is 0 Å². The summed E-state index contributed by atoms with van der Waals surface area (Å²) in [6.45, 7) is 10.1. The molecule has 0 radical (unpaired) electrons. The molecule has 0 aromatic carbocycles. The second-order valence-corrected chi connectivity index (χ2v) is 3.15. The summed E-state index contributed by atoms with van der Waals surface area (Å²) in [6.07, 6.45) is 3.15. The molecule has 0 aliphatic heterocycles. The first-order valence-corrected chi connectivity index (χ1v) is 5.51. The van der Waals surface area contributed by atoms with E-state index in [1.807, 2.05) is 0 Å². The molecular formula is C10H19ClN6. The number of aromatic amines is 1. The molecule has 0 fully saturated rings. The predicted molar refractivity (Wildman–Crippen MR) is 70.2 cm³/mol. The van der Waals surface area contributed by atoms with Crippen LogP contribution >= 0.6 is 12.4 Å². The van der Waals surface area contributed by atoms with E-state index in [0.29, 0.717) is 11.3 Å². The standard InChI is InChI=1S/C6H15N.C4H3N5.ClH/c1-4-7(5-2)6-3;1-2-6-4-3(5-1)7-9-8-4;/h4-6H2,1-3H3;1-2H,(H,5,6,7,8,9);1H. The van der Waals surface area contributed by atoms with Crippen LogP contribution in [0.3, 0.4) is 0 Å². The molecule has 0 saturated carbocycles. The lowest BCUT2D eigenvalue weighted by Gasteiger charge is -2.13. The van der Waals surface area contributed by atoms with E-state index in [4.69, 9.17) is 0 Å². The average molecular weight is 259 g/mol. The number of H-pyrrole nitrogens is 1. The summed E-state index contributed by atoms with van der Waals surface area (Å²) in [5.74, 6) is 0. The Hall–Kier alpha value is -1.27. The van der Waals surface area contributed by atoms with Crippen molar-refractivity contribution in [2.45, 2.75) is 20.8 Å². The zero-order chi connectivity index (χ0) is 11.8. The third kappa shape index (κ3) is 5.06. The molecule has 0 aliphatic carbocycles. The highest BCUT2D eigenvalue weighted by atomic mass is 35.5. The molecule has 2 aromatic heterocycles. The van der Waals surface area contributed by atoms with Crippen molar-refractivity contribution in [3.63, 3.8) is 0 Å². The molecule has 7 heteroatoms. The van der Waals surface area contributed by atoms with E-state index in [2.05, 4.69) is 51.0 Å². The normalized spacial score (nSPS) is 9.65. The first kappa shape index (κ1) is 15.7. The number of halogens is 1. The van der Waals surface area contributed by atoms with Gasteiger partial charge in [-0.3, -0.25) is 0 Å². The van der Waals surface area contributed by atoms with Gasteiger partial charge in [0.25, 0.3) is 0 Å². The van der Waals surface area contributed by atoms with E-state index < -0.39 is 0 Å². The Bertz CT molecular complexity index is 365. The van der Waals surface area contributed by atoms with Gasteiger partial charge in [0.15, 0.2) is 0 Å². The lowest BCUT2D eigenvalue weighted by Crippen LogP contribution is -2.21. The molecule has 0 aliphatic rings. The molecule has 0 spiro atoms. The van der Waals surface area contributed by atoms with Crippen molar-refractivity contribution >= 4 is 23.7 Å². The van der Waals surface area contributed by atoms with E-state index in [9.17, 15) is 0 Å². The van der Waals surface area contributed by atoms with E-state index in [1.54, 1.807) is 12.4 Å². The highest BCUT2D eigenvalue weighted by Gasteiger charge is 1.94. The zero-order valence-electron chi connectivity index (χ0n) is 10.4. The van der Waals surface area contributed by atoms with Crippen LogP contribution in [0.5, 0.6) is 0 Å². The molecule has 0 atom stereocenters. The fourth-order valence-electron chi connectivity index (χ4n) is 1.27. The zero-order valence-corrected chi connectivity index (χ0v) is 11.2. The van der Waals surface area contributed by atoms with Gasteiger partial charge in [0, 0.05) is 12.4 Å². The molecule has 17 heavy (non-hydrogen) atoms. The van der Waals surface area contributed by atoms with Crippen LogP contribution in [-0.4, -0.2) is 49.9 Å². The van der Waals surface area contributed by atoms with E-state index in [0.717, 1.165) is 0 Å². The van der Waals surface area contributed by atoms with Crippen LogP contribution in [-0.2, 0) is 0 Å². The van der Waals surface area contributed by atoms with Crippen molar-refractivity contribution < 1.29 is 0 Å². The highest BCUT2D eigenvalue weighted by molar-refractivity contribution is 5.85. The van der Waals surface area contributed by atoms with Gasteiger partial charge in [-0.05, 0) is 19.6 Å². The van der Waals surface area contributed by atoms with Gasteiger partial charge < -0.3 is 4.90 Å². The Morgan fingerprint density at radius 3 is 1.65 bits per heavy atom. The largest absolute Gasteiger partial charge is 0.304 e. The Morgan fingerprint density at radius 1 is 0.941 bits per heavy atom. The number of aromatic nitrogens is 5.